The van der Waals surface area contributed by atoms with Crippen LogP contribution in [0.5, 0.6) is 5.75 Å². The van der Waals surface area contributed by atoms with E-state index in [1.807, 2.05) is 18.2 Å². The van der Waals surface area contributed by atoms with Crippen LogP contribution in [-0.4, -0.2) is 44.7 Å². The molecule has 2 atom stereocenters. The molecule has 1 aromatic carbocycles. The first kappa shape index (κ1) is 13.6. The summed E-state index contributed by atoms with van der Waals surface area (Å²) in [5, 5.41) is 4.06. The molecule has 0 aliphatic carbocycles. The van der Waals surface area contributed by atoms with Crippen LogP contribution in [0.1, 0.15) is 11.6 Å². The highest BCUT2D eigenvalue weighted by Gasteiger charge is 2.27. The molecule has 1 fully saturated rings. The number of methoxy groups -OCH3 is 1. The average Bonchev–Trinajstić information content (AvgIpc) is 2.38. The van der Waals surface area contributed by atoms with E-state index in [1.165, 1.54) is 0 Å². The van der Waals surface area contributed by atoms with E-state index in [1.54, 1.807) is 7.11 Å². The highest BCUT2D eigenvalue weighted by Crippen LogP contribution is 2.30. The Morgan fingerprint density at radius 1 is 1.56 bits per heavy atom. The third-order valence-electron chi connectivity index (χ3n) is 3.53. The van der Waals surface area contributed by atoms with Gasteiger partial charge < -0.3 is 15.8 Å². The summed E-state index contributed by atoms with van der Waals surface area (Å²) >= 11 is 6.05. The lowest BCUT2D eigenvalue weighted by Crippen LogP contribution is -2.53. The van der Waals surface area contributed by atoms with Gasteiger partial charge in [-0.15, -0.1) is 0 Å². The molecule has 2 unspecified atom stereocenters. The first-order chi connectivity index (χ1) is 8.63. The Bertz CT molecular complexity index is 413. The molecule has 1 aliphatic heterocycles. The molecule has 0 aromatic heterocycles. The molecule has 1 aliphatic rings. The van der Waals surface area contributed by atoms with E-state index in [0.717, 1.165) is 30.9 Å². The fourth-order valence-electron chi connectivity index (χ4n) is 2.40. The molecule has 2 rings (SSSR count). The van der Waals surface area contributed by atoms with E-state index in [9.17, 15) is 0 Å². The molecule has 0 radical (unpaired) electrons. The molecular weight excluding hydrogens is 250 g/mol. The summed E-state index contributed by atoms with van der Waals surface area (Å²) in [6.07, 6.45) is 0. The van der Waals surface area contributed by atoms with E-state index in [4.69, 9.17) is 22.1 Å². The van der Waals surface area contributed by atoms with Crippen LogP contribution in [0.2, 0.25) is 5.02 Å². The number of ether oxygens (including phenoxy) is 1. The maximum atomic E-state index is 6.39. The number of rotatable bonds is 3. The monoisotopic (exact) mass is 269 g/mol. The van der Waals surface area contributed by atoms with Gasteiger partial charge in [0.1, 0.15) is 5.75 Å². The smallest absolute Gasteiger partial charge is 0.123 e. The van der Waals surface area contributed by atoms with Crippen molar-refractivity contribution in [2.24, 2.45) is 5.73 Å². The van der Waals surface area contributed by atoms with Gasteiger partial charge in [0, 0.05) is 36.3 Å². The summed E-state index contributed by atoms with van der Waals surface area (Å²) in [6.45, 7) is 2.89. The number of hydrogen-bond acceptors (Lipinski definition) is 4. The van der Waals surface area contributed by atoms with E-state index in [-0.39, 0.29) is 12.1 Å². The molecular formula is C13H20ClN3O. The van der Waals surface area contributed by atoms with E-state index in [0.29, 0.717) is 5.02 Å². The third-order valence-corrected chi connectivity index (χ3v) is 3.76. The fraction of sp³-hybridized carbons (Fsp3) is 0.538. The maximum absolute atomic E-state index is 6.39. The number of piperazine rings is 1. The Kier molecular flexibility index (Phi) is 4.45. The van der Waals surface area contributed by atoms with Crippen molar-refractivity contribution in [2.45, 2.75) is 12.1 Å². The number of nitrogens with two attached hydrogens (primary N) is 1. The first-order valence-electron chi connectivity index (χ1n) is 6.13. The molecule has 100 valence electrons. The number of hydrogen-bond donors (Lipinski definition) is 2. The van der Waals surface area contributed by atoms with Gasteiger partial charge in [0.05, 0.1) is 13.2 Å². The van der Waals surface area contributed by atoms with Crippen LogP contribution in [0.25, 0.3) is 0 Å². The predicted octanol–water partition coefficient (Wildman–Crippen LogP) is 1.25. The summed E-state index contributed by atoms with van der Waals surface area (Å²) in [6, 6.07) is 5.73. The second-order valence-corrected chi connectivity index (χ2v) is 5.10. The summed E-state index contributed by atoms with van der Waals surface area (Å²) in [5.41, 5.74) is 7.35. The van der Waals surface area contributed by atoms with Crippen LogP contribution in [0.15, 0.2) is 18.2 Å². The Hall–Kier alpha value is -0.810. The lowest BCUT2D eigenvalue weighted by molar-refractivity contribution is 0.172. The van der Waals surface area contributed by atoms with Crippen LogP contribution in [-0.2, 0) is 0 Å². The molecule has 1 heterocycles. The van der Waals surface area contributed by atoms with Crippen molar-refractivity contribution in [1.82, 2.24) is 10.2 Å². The highest BCUT2D eigenvalue weighted by molar-refractivity contribution is 6.30. The minimum atomic E-state index is -0.114. The lowest BCUT2D eigenvalue weighted by Gasteiger charge is -2.37. The third kappa shape index (κ3) is 2.78. The molecule has 18 heavy (non-hydrogen) atoms. The van der Waals surface area contributed by atoms with Crippen LogP contribution in [0.4, 0.5) is 0 Å². The predicted molar refractivity (Wildman–Crippen MR) is 74.2 cm³/mol. The van der Waals surface area contributed by atoms with Gasteiger partial charge in [-0.3, -0.25) is 4.90 Å². The zero-order chi connectivity index (χ0) is 13.1. The number of likely N-dealkylation sites (N-methyl/N-ethyl adjacent to an activating group) is 1. The summed E-state index contributed by atoms with van der Waals surface area (Å²) in [5.74, 6) is 0.797. The van der Waals surface area contributed by atoms with Gasteiger partial charge >= 0.3 is 0 Å². The van der Waals surface area contributed by atoms with Gasteiger partial charge in [0.15, 0.2) is 0 Å². The normalized spacial score (nSPS) is 22.8. The van der Waals surface area contributed by atoms with Gasteiger partial charge in [-0.05, 0) is 25.2 Å². The quantitative estimate of drug-likeness (QED) is 0.867. The molecule has 1 aromatic rings. The van der Waals surface area contributed by atoms with Gasteiger partial charge in [0.2, 0.25) is 0 Å². The van der Waals surface area contributed by atoms with Crippen LogP contribution >= 0.6 is 11.6 Å². The van der Waals surface area contributed by atoms with E-state index >= 15 is 0 Å². The summed E-state index contributed by atoms with van der Waals surface area (Å²) in [7, 11) is 3.75. The van der Waals surface area contributed by atoms with Gasteiger partial charge in [0.25, 0.3) is 0 Å². The van der Waals surface area contributed by atoms with Crippen molar-refractivity contribution in [1.29, 1.82) is 0 Å². The largest absolute Gasteiger partial charge is 0.496 e. The van der Waals surface area contributed by atoms with E-state index in [2.05, 4.69) is 17.3 Å². The Labute approximate surface area is 113 Å². The Balaban J connectivity index is 2.26. The van der Waals surface area contributed by atoms with Crippen molar-refractivity contribution >= 4 is 11.6 Å². The van der Waals surface area contributed by atoms with Crippen molar-refractivity contribution in [3.8, 4) is 5.75 Å². The van der Waals surface area contributed by atoms with Crippen molar-refractivity contribution in [2.75, 3.05) is 33.8 Å². The standard InChI is InChI=1S/C13H20ClN3O/c1-17-6-5-16-8-11(17)13(15)10-7-9(14)3-4-12(10)18-2/h3-4,7,11,13,16H,5-6,8,15H2,1-2H3. The van der Waals surface area contributed by atoms with Crippen molar-refractivity contribution in [3.05, 3.63) is 28.8 Å². The molecule has 0 saturated carbocycles. The second-order valence-electron chi connectivity index (χ2n) is 4.66. The molecule has 5 heteroatoms. The number of halogens is 1. The first-order valence-corrected chi connectivity index (χ1v) is 6.51. The van der Waals surface area contributed by atoms with Crippen LogP contribution in [0, 0.1) is 0 Å². The van der Waals surface area contributed by atoms with Gasteiger partial charge in [-0.1, -0.05) is 11.6 Å². The second kappa shape index (κ2) is 5.89. The topological polar surface area (TPSA) is 50.5 Å². The lowest BCUT2D eigenvalue weighted by atomic mass is 9.97. The fourth-order valence-corrected chi connectivity index (χ4v) is 2.58. The maximum Gasteiger partial charge on any atom is 0.123 e. The van der Waals surface area contributed by atoms with Crippen LogP contribution in [0.3, 0.4) is 0 Å². The summed E-state index contributed by atoms with van der Waals surface area (Å²) < 4.78 is 5.37. The van der Waals surface area contributed by atoms with Gasteiger partial charge in [-0.25, -0.2) is 0 Å². The Morgan fingerprint density at radius 2 is 2.33 bits per heavy atom. The van der Waals surface area contributed by atoms with Crippen LogP contribution < -0.4 is 15.8 Å². The van der Waals surface area contributed by atoms with Crippen molar-refractivity contribution in [3.63, 3.8) is 0 Å². The zero-order valence-corrected chi connectivity index (χ0v) is 11.6. The zero-order valence-electron chi connectivity index (χ0n) is 10.8. The van der Waals surface area contributed by atoms with E-state index < -0.39 is 0 Å². The molecule has 0 spiro atoms. The number of nitrogens with one attached hydrogen (secondary N) is 1. The van der Waals surface area contributed by atoms with Crippen molar-refractivity contribution < 1.29 is 4.74 Å². The molecule has 4 nitrogen and oxygen atoms in total. The molecule has 0 amide bonds. The molecule has 1 saturated heterocycles. The molecule has 0 bridgehead atoms. The highest BCUT2D eigenvalue weighted by atomic mass is 35.5. The minimum absolute atomic E-state index is 0.114. The Morgan fingerprint density at radius 3 is 3.00 bits per heavy atom. The number of benzene rings is 1. The SMILES string of the molecule is COc1ccc(Cl)cc1C(N)C1CNCCN1C. The number of nitrogens with zero attached hydrogens (tertiary/aromatic N) is 1. The minimum Gasteiger partial charge on any atom is -0.496 e. The van der Waals surface area contributed by atoms with Gasteiger partial charge in [-0.2, -0.15) is 0 Å². The molecule has 3 N–H and O–H groups in total. The summed E-state index contributed by atoms with van der Waals surface area (Å²) in [4.78, 5) is 2.28. The average molecular weight is 270 g/mol.